The minimum atomic E-state index is -0.169. The number of hydrogen-bond donors (Lipinski definition) is 3. The van der Waals surface area contributed by atoms with E-state index < -0.39 is 0 Å². The highest BCUT2D eigenvalue weighted by molar-refractivity contribution is 8.00. The van der Waals surface area contributed by atoms with E-state index in [1.807, 2.05) is 30.0 Å². The quantitative estimate of drug-likeness (QED) is 0.397. The maximum atomic E-state index is 9.05. The fraction of sp³-hybridized carbons (Fsp3) is 0.455. The van der Waals surface area contributed by atoms with Gasteiger partial charge in [-0.15, -0.1) is 11.8 Å². The van der Waals surface area contributed by atoms with Gasteiger partial charge in [-0.2, -0.15) is 0 Å². The molecule has 0 aromatic carbocycles. The zero-order chi connectivity index (χ0) is 11.4. The van der Waals surface area contributed by atoms with Crippen LogP contribution in [0.25, 0.3) is 0 Å². The van der Waals surface area contributed by atoms with Gasteiger partial charge in [0.25, 0.3) is 0 Å². The number of rotatable bonds is 3. The molecule has 86 valence electrons. The lowest BCUT2D eigenvalue weighted by atomic mass is 9.92. The van der Waals surface area contributed by atoms with Gasteiger partial charge in [0.2, 0.25) is 0 Å². The van der Waals surface area contributed by atoms with E-state index in [0.717, 1.165) is 12.3 Å². The predicted octanol–water partition coefficient (Wildman–Crippen LogP) is 1.63. The van der Waals surface area contributed by atoms with Gasteiger partial charge in [0, 0.05) is 24.4 Å². The summed E-state index contributed by atoms with van der Waals surface area (Å²) < 4.78 is 0. The topological polar surface area (TPSA) is 68.5 Å². The zero-order valence-corrected chi connectivity index (χ0v) is 9.70. The molecule has 1 aliphatic heterocycles. The summed E-state index contributed by atoms with van der Waals surface area (Å²) >= 11 is 1.84. The van der Waals surface area contributed by atoms with Crippen LogP contribution in [0.2, 0.25) is 0 Å². The van der Waals surface area contributed by atoms with Gasteiger partial charge in [-0.05, 0) is 6.08 Å². The van der Waals surface area contributed by atoms with Crippen molar-refractivity contribution >= 4 is 23.2 Å². The second kappa shape index (κ2) is 5.32. The van der Waals surface area contributed by atoms with Gasteiger partial charge in [0.15, 0.2) is 0 Å². The summed E-state index contributed by atoms with van der Waals surface area (Å²) in [7, 11) is 0. The first-order chi connectivity index (χ1) is 7.81. The average Bonchev–Trinajstić information content (AvgIpc) is 2.80. The molecule has 1 fully saturated rings. The highest BCUT2D eigenvalue weighted by Gasteiger charge is 2.24. The molecule has 1 aliphatic carbocycles. The van der Waals surface area contributed by atoms with Crippen molar-refractivity contribution in [2.75, 3.05) is 12.3 Å². The van der Waals surface area contributed by atoms with E-state index >= 15 is 0 Å². The Labute approximate surface area is 99.0 Å². The van der Waals surface area contributed by atoms with E-state index in [1.165, 1.54) is 0 Å². The molecular weight excluding hydrogens is 222 g/mol. The molecule has 2 atom stereocenters. The van der Waals surface area contributed by atoms with Gasteiger partial charge in [-0.1, -0.05) is 23.4 Å². The van der Waals surface area contributed by atoms with Crippen molar-refractivity contribution in [2.45, 2.75) is 11.8 Å². The van der Waals surface area contributed by atoms with Gasteiger partial charge >= 0.3 is 0 Å². The van der Waals surface area contributed by atoms with Crippen LogP contribution >= 0.6 is 11.8 Å². The van der Waals surface area contributed by atoms with Crippen LogP contribution in [-0.4, -0.2) is 34.3 Å². The number of hydrogen-bond acceptors (Lipinski definition) is 5. The van der Waals surface area contributed by atoms with Gasteiger partial charge in [-0.3, -0.25) is 0 Å². The molecule has 0 aromatic rings. The second-order valence-corrected chi connectivity index (χ2v) is 5.10. The Morgan fingerprint density at radius 3 is 3.12 bits per heavy atom. The largest absolute Gasteiger partial charge is 0.411 e. The smallest absolute Gasteiger partial charge is 0.0723 e. The third-order valence-corrected chi connectivity index (χ3v) is 3.88. The Morgan fingerprint density at radius 1 is 1.62 bits per heavy atom. The lowest BCUT2D eigenvalue weighted by Gasteiger charge is -2.18. The van der Waals surface area contributed by atoms with E-state index in [0.29, 0.717) is 23.2 Å². The third kappa shape index (κ3) is 2.54. The minimum Gasteiger partial charge on any atom is -0.411 e. The number of nitrogens with one attached hydrogen (secondary N) is 2. The summed E-state index contributed by atoms with van der Waals surface area (Å²) in [6, 6.07) is 0. The van der Waals surface area contributed by atoms with Crippen LogP contribution in [0.3, 0.4) is 0 Å². The van der Waals surface area contributed by atoms with E-state index in [9.17, 15) is 0 Å². The van der Waals surface area contributed by atoms with Gasteiger partial charge in [0.05, 0.1) is 17.0 Å². The van der Waals surface area contributed by atoms with Crippen LogP contribution in [0.4, 0.5) is 0 Å². The van der Waals surface area contributed by atoms with Crippen molar-refractivity contribution in [2.24, 2.45) is 11.1 Å². The van der Waals surface area contributed by atoms with Crippen molar-refractivity contribution in [3.63, 3.8) is 0 Å². The fourth-order valence-electron chi connectivity index (χ4n) is 1.86. The first-order valence-electron chi connectivity index (χ1n) is 5.30. The Balaban J connectivity index is 2.02. The van der Waals surface area contributed by atoms with E-state index in [4.69, 9.17) is 10.6 Å². The van der Waals surface area contributed by atoms with Crippen LogP contribution in [0.5, 0.6) is 0 Å². The van der Waals surface area contributed by atoms with Gasteiger partial charge in [0.1, 0.15) is 0 Å². The first-order valence-corrected chi connectivity index (χ1v) is 6.35. The molecule has 1 saturated heterocycles. The predicted molar refractivity (Wildman–Crippen MR) is 67.6 cm³/mol. The van der Waals surface area contributed by atoms with Crippen LogP contribution in [0.1, 0.15) is 6.42 Å². The van der Waals surface area contributed by atoms with Crippen molar-refractivity contribution in [3.05, 3.63) is 24.3 Å². The van der Waals surface area contributed by atoms with E-state index in [-0.39, 0.29) is 5.92 Å². The number of nitrogens with zero attached hydrogens (tertiary/aromatic N) is 1. The molecule has 0 spiro atoms. The molecule has 16 heavy (non-hydrogen) atoms. The fourth-order valence-corrected chi connectivity index (χ4v) is 2.91. The maximum absolute atomic E-state index is 9.05. The lowest BCUT2D eigenvalue weighted by molar-refractivity contribution is 0.315. The summed E-state index contributed by atoms with van der Waals surface area (Å²) in [4.78, 5) is 0. The Kier molecular flexibility index (Phi) is 3.79. The van der Waals surface area contributed by atoms with Crippen LogP contribution in [-0.2, 0) is 0 Å². The van der Waals surface area contributed by atoms with Crippen molar-refractivity contribution in [1.29, 1.82) is 5.41 Å². The highest BCUT2D eigenvalue weighted by Crippen LogP contribution is 2.21. The van der Waals surface area contributed by atoms with E-state index in [1.54, 1.807) is 6.08 Å². The number of thioether (sulfide) groups is 1. The first kappa shape index (κ1) is 11.4. The molecule has 5 heteroatoms. The Morgan fingerprint density at radius 2 is 2.50 bits per heavy atom. The lowest BCUT2D eigenvalue weighted by Crippen LogP contribution is -2.29. The monoisotopic (exact) mass is 237 g/mol. The summed E-state index contributed by atoms with van der Waals surface area (Å²) in [5.41, 5.74) is 1.15. The molecule has 4 nitrogen and oxygen atoms in total. The van der Waals surface area contributed by atoms with E-state index in [2.05, 4.69) is 10.5 Å². The van der Waals surface area contributed by atoms with Gasteiger partial charge < -0.3 is 15.9 Å². The molecule has 3 N–H and O–H groups in total. The minimum absolute atomic E-state index is 0.169. The molecule has 0 saturated carbocycles. The third-order valence-electron chi connectivity index (χ3n) is 2.70. The summed E-state index contributed by atoms with van der Waals surface area (Å²) in [5, 5.41) is 23.9. The van der Waals surface area contributed by atoms with Crippen molar-refractivity contribution in [3.8, 4) is 0 Å². The highest BCUT2D eigenvalue weighted by atomic mass is 32.2. The molecule has 0 bridgehead atoms. The summed E-state index contributed by atoms with van der Waals surface area (Å²) in [5.74, 6) is 0.930. The van der Waals surface area contributed by atoms with Crippen LogP contribution in [0.15, 0.2) is 29.5 Å². The number of allylic oxidation sites excluding steroid dienone is 4. The normalized spacial score (nSPS) is 30.0. The zero-order valence-electron chi connectivity index (χ0n) is 8.89. The molecule has 2 unspecified atom stereocenters. The molecular formula is C11H15N3OS. The standard InChI is InChI=1S/C11H15N3OS/c12-9-4-2-1-3-8(9)10(14-15)7-11-13-5-6-16-11/h1-4,8,11-13,15H,5-7H2. The van der Waals surface area contributed by atoms with Gasteiger partial charge in [-0.25, -0.2) is 0 Å². The van der Waals surface area contributed by atoms with Crippen molar-refractivity contribution in [1.82, 2.24) is 5.32 Å². The van der Waals surface area contributed by atoms with Crippen LogP contribution < -0.4 is 5.32 Å². The SMILES string of the molecule is N=C1C=CC=CC1C(CC1NCCS1)=NO. The molecule has 0 radical (unpaired) electrons. The second-order valence-electron chi connectivity index (χ2n) is 3.79. The summed E-state index contributed by atoms with van der Waals surface area (Å²) in [6.07, 6.45) is 8.05. The molecule has 0 aromatic heterocycles. The van der Waals surface area contributed by atoms with Crippen LogP contribution in [0, 0.1) is 11.3 Å². The maximum Gasteiger partial charge on any atom is 0.0723 e. The van der Waals surface area contributed by atoms with Crippen molar-refractivity contribution < 1.29 is 5.21 Å². The average molecular weight is 237 g/mol. The molecule has 1 heterocycles. The molecule has 2 aliphatic rings. The number of oxime groups is 1. The molecule has 2 rings (SSSR count). The Hall–Kier alpha value is -1.07. The summed E-state index contributed by atoms with van der Waals surface area (Å²) in [6.45, 7) is 1.01. The Bertz CT molecular complexity index is 356. The molecule has 0 amide bonds.